The summed E-state index contributed by atoms with van der Waals surface area (Å²) in [6, 6.07) is 39.0. The summed E-state index contributed by atoms with van der Waals surface area (Å²) in [5.41, 5.74) is 14.7. The van der Waals surface area contributed by atoms with Gasteiger partial charge in [-0.3, -0.25) is 10.2 Å². The fraction of sp³-hybridized carbons (Fsp3) is 0.308. The molecule has 0 saturated heterocycles. The number of aromatic amines is 2. The van der Waals surface area contributed by atoms with Crippen molar-refractivity contribution in [1.82, 2.24) is 20.4 Å². The van der Waals surface area contributed by atoms with Gasteiger partial charge >= 0.3 is 0 Å². The number of hydrogen-bond acceptors (Lipinski definition) is 8. The maximum absolute atomic E-state index is 9.68. The van der Waals surface area contributed by atoms with Crippen LogP contribution in [-0.2, 0) is 28.5 Å². The SMILES string of the molecule is CN(C)c1cccc(C2(c3ccccc3)C=Cc3c(/C(=N/O)C4CCC4)n[nH]c3C2)c1.CO/N=C(/c1n[nH]c2c1C=CC(c1ccccc1)(c1cccc(N(C)C)c1)C2)C1CC1. The van der Waals surface area contributed by atoms with Gasteiger partial charge in [0.2, 0.25) is 0 Å². The molecule has 10 nitrogen and oxygen atoms in total. The summed E-state index contributed by atoms with van der Waals surface area (Å²) in [6.45, 7) is 0. The number of allylic oxidation sites excluding steroid dienone is 2. The number of rotatable bonds is 11. The van der Waals surface area contributed by atoms with Crippen LogP contribution in [0.5, 0.6) is 0 Å². The van der Waals surface area contributed by atoms with Gasteiger partial charge in [0.25, 0.3) is 0 Å². The fourth-order valence-corrected chi connectivity index (χ4v) is 9.41. The Morgan fingerprint density at radius 2 is 1.06 bits per heavy atom. The third-order valence-corrected chi connectivity index (χ3v) is 13.3. The first-order valence-corrected chi connectivity index (χ1v) is 21.8. The third-order valence-electron chi connectivity index (χ3n) is 13.3. The number of anilines is 2. The van der Waals surface area contributed by atoms with Crippen molar-refractivity contribution in [2.75, 3.05) is 45.1 Å². The predicted octanol–water partition coefficient (Wildman–Crippen LogP) is 9.80. The molecule has 10 heteroatoms. The standard InChI is InChI=1S/2C26H28N4O/c1-30(2)21-11-7-10-20(16-21)26(19-8-5-4-6-9-19)15-14-22-23(17-26)27-28-25(22)24(29-31-3)18-12-13-18;1-30(2)21-13-7-12-20(16-21)26(19-10-4-3-5-11-19)15-14-22-23(17-26)27-28-25(22)24(29-31)18-8-6-9-18/h4-11,14-16,18H,12-13,17H2,1-3H3,(H,27,28);3-5,7,10-16,18,31H,6,8-9,17H2,1-2H3,(H,27,28)/b2*29-24+. The molecular formula is C52H56N8O2. The molecule has 0 spiro atoms. The van der Waals surface area contributed by atoms with Crippen molar-refractivity contribution < 1.29 is 10.0 Å². The second-order valence-corrected chi connectivity index (χ2v) is 17.6. The molecule has 316 valence electrons. The quantitative estimate of drug-likeness (QED) is 0.0681. The number of H-pyrrole nitrogens is 2. The van der Waals surface area contributed by atoms with E-state index in [0.29, 0.717) is 11.8 Å². The lowest BCUT2D eigenvalue weighted by Gasteiger charge is -2.35. The Morgan fingerprint density at radius 3 is 1.47 bits per heavy atom. The average molecular weight is 825 g/mol. The van der Waals surface area contributed by atoms with Gasteiger partial charge in [-0.05, 0) is 72.2 Å². The van der Waals surface area contributed by atoms with E-state index < -0.39 is 0 Å². The molecule has 2 aromatic heterocycles. The van der Waals surface area contributed by atoms with E-state index in [-0.39, 0.29) is 10.8 Å². The highest BCUT2D eigenvalue weighted by Gasteiger charge is 2.40. The highest BCUT2D eigenvalue weighted by molar-refractivity contribution is 6.05. The molecule has 10 rings (SSSR count). The van der Waals surface area contributed by atoms with E-state index in [1.807, 2.05) is 0 Å². The fourth-order valence-electron chi connectivity index (χ4n) is 9.41. The minimum Gasteiger partial charge on any atom is -0.411 e. The summed E-state index contributed by atoms with van der Waals surface area (Å²) in [5, 5.41) is 33.5. The van der Waals surface area contributed by atoms with Gasteiger partial charge in [-0.25, -0.2) is 0 Å². The zero-order chi connectivity index (χ0) is 42.8. The van der Waals surface area contributed by atoms with Crippen LogP contribution >= 0.6 is 0 Å². The number of nitrogens with zero attached hydrogens (tertiary/aromatic N) is 6. The van der Waals surface area contributed by atoms with Crippen LogP contribution in [0.15, 0.2) is 132 Å². The maximum Gasteiger partial charge on any atom is 0.117 e. The summed E-state index contributed by atoms with van der Waals surface area (Å²) in [6.07, 6.45) is 16.2. The molecule has 62 heavy (non-hydrogen) atoms. The van der Waals surface area contributed by atoms with Crippen molar-refractivity contribution in [1.29, 1.82) is 0 Å². The zero-order valence-corrected chi connectivity index (χ0v) is 36.3. The van der Waals surface area contributed by atoms with Crippen LogP contribution in [0.4, 0.5) is 11.4 Å². The van der Waals surface area contributed by atoms with Crippen molar-refractivity contribution in [3.8, 4) is 0 Å². The van der Waals surface area contributed by atoms with E-state index in [1.54, 1.807) is 7.11 Å². The van der Waals surface area contributed by atoms with Crippen molar-refractivity contribution in [2.24, 2.45) is 22.1 Å². The Morgan fingerprint density at radius 1 is 0.613 bits per heavy atom. The van der Waals surface area contributed by atoms with Crippen LogP contribution in [-0.4, -0.2) is 72.3 Å². The highest BCUT2D eigenvalue weighted by Crippen LogP contribution is 2.45. The van der Waals surface area contributed by atoms with E-state index in [1.165, 1.54) is 40.0 Å². The number of aromatic nitrogens is 4. The van der Waals surface area contributed by atoms with Crippen LogP contribution in [0.3, 0.4) is 0 Å². The van der Waals surface area contributed by atoms with Crippen molar-refractivity contribution in [3.05, 3.63) is 178 Å². The summed E-state index contributed by atoms with van der Waals surface area (Å²) >= 11 is 0. The smallest absolute Gasteiger partial charge is 0.117 e. The molecule has 4 aromatic carbocycles. The van der Waals surface area contributed by atoms with Crippen LogP contribution in [0, 0.1) is 11.8 Å². The molecule has 2 atom stereocenters. The first-order valence-electron chi connectivity index (χ1n) is 21.8. The molecule has 3 N–H and O–H groups in total. The van der Waals surface area contributed by atoms with Crippen LogP contribution in [0.1, 0.15) is 88.3 Å². The van der Waals surface area contributed by atoms with Crippen molar-refractivity contribution >= 4 is 35.0 Å². The largest absolute Gasteiger partial charge is 0.411 e. The van der Waals surface area contributed by atoms with Gasteiger partial charge in [0.05, 0.1) is 0 Å². The van der Waals surface area contributed by atoms with Gasteiger partial charge < -0.3 is 19.8 Å². The third kappa shape index (κ3) is 7.52. The Hall–Kier alpha value is -6.68. The van der Waals surface area contributed by atoms with Crippen LogP contribution < -0.4 is 9.80 Å². The molecule has 4 aliphatic rings. The number of benzene rings is 4. The zero-order valence-electron chi connectivity index (χ0n) is 36.3. The molecule has 2 unspecified atom stereocenters. The summed E-state index contributed by atoms with van der Waals surface area (Å²) < 4.78 is 0. The molecule has 0 amide bonds. The first-order chi connectivity index (χ1) is 30.2. The number of oxime groups is 2. The lowest BCUT2D eigenvalue weighted by atomic mass is 9.68. The normalized spacial score (nSPS) is 20.7. The molecular weight excluding hydrogens is 769 g/mol. The van der Waals surface area contributed by atoms with Crippen LogP contribution in [0.25, 0.3) is 12.2 Å². The van der Waals surface area contributed by atoms with E-state index >= 15 is 0 Å². The maximum atomic E-state index is 9.68. The second-order valence-electron chi connectivity index (χ2n) is 17.6. The van der Waals surface area contributed by atoms with Crippen molar-refractivity contribution in [3.63, 3.8) is 0 Å². The second kappa shape index (κ2) is 17.0. The molecule has 0 radical (unpaired) electrons. The van der Waals surface area contributed by atoms with E-state index in [2.05, 4.69) is 202 Å². The predicted molar refractivity (Wildman–Crippen MR) is 251 cm³/mol. The first kappa shape index (κ1) is 40.7. The molecule has 4 aliphatic carbocycles. The highest BCUT2D eigenvalue weighted by atomic mass is 16.6. The van der Waals surface area contributed by atoms with E-state index in [9.17, 15) is 5.21 Å². The monoisotopic (exact) mass is 824 g/mol. The molecule has 2 saturated carbocycles. The summed E-state index contributed by atoms with van der Waals surface area (Å²) in [4.78, 5) is 9.43. The number of hydrogen-bond donors (Lipinski definition) is 3. The molecule has 2 heterocycles. The van der Waals surface area contributed by atoms with Gasteiger partial charge in [-0.1, -0.05) is 126 Å². The molecule has 0 aliphatic heterocycles. The topological polar surface area (TPSA) is 118 Å². The van der Waals surface area contributed by atoms with Gasteiger partial charge in [-0.2, -0.15) is 10.2 Å². The lowest BCUT2D eigenvalue weighted by molar-refractivity contribution is 0.212. The number of fused-ring (bicyclic) bond motifs is 2. The average Bonchev–Trinajstić information content (AvgIpc) is 3.93. The molecule has 2 fully saturated rings. The minimum atomic E-state index is -0.295. The minimum absolute atomic E-state index is 0.262. The Labute approximate surface area is 364 Å². The van der Waals surface area contributed by atoms with E-state index in [4.69, 9.17) is 4.84 Å². The number of nitrogens with one attached hydrogen (secondary N) is 2. The van der Waals surface area contributed by atoms with Crippen LogP contribution in [0.2, 0.25) is 0 Å². The molecule has 0 bridgehead atoms. The Bertz CT molecular complexity index is 2650. The molecule has 6 aromatic rings. The lowest BCUT2D eigenvalue weighted by Crippen LogP contribution is -2.31. The summed E-state index contributed by atoms with van der Waals surface area (Å²) in [7, 11) is 9.91. The van der Waals surface area contributed by atoms with Gasteiger partial charge in [0, 0.05) is 97.6 Å². The van der Waals surface area contributed by atoms with E-state index in [0.717, 1.165) is 83.9 Å². The Balaban J connectivity index is 0.000000158. The van der Waals surface area contributed by atoms with Crippen molar-refractivity contribution in [2.45, 2.75) is 55.8 Å². The van der Waals surface area contributed by atoms with Gasteiger partial charge in [-0.15, -0.1) is 0 Å². The summed E-state index contributed by atoms with van der Waals surface area (Å²) in [5.74, 6) is 0.765. The Kier molecular flexibility index (Phi) is 11.2. The van der Waals surface area contributed by atoms with Gasteiger partial charge in [0.15, 0.2) is 0 Å². The van der Waals surface area contributed by atoms with Gasteiger partial charge in [0.1, 0.15) is 29.9 Å².